The molecule has 66 valence electrons. The highest BCUT2D eigenvalue weighted by molar-refractivity contribution is 7.94. The number of hydrogen-bond acceptors (Lipinski definition) is 3. The lowest BCUT2D eigenvalue weighted by molar-refractivity contribution is -0.896. The van der Waals surface area contributed by atoms with E-state index in [9.17, 15) is 5.11 Å². The zero-order valence-electron chi connectivity index (χ0n) is 7.08. The number of hydrogen-bond donors (Lipinski definition) is 2. The Bertz CT molecular complexity index is 139. The molecule has 0 spiro atoms. The van der Waals surface area contributed by atoms with Crippen LogP contribution in [0.5, 0.6) is 0 Å². The van der Waals surface area contributed by atoms with Crippen LogP contribution in [0.25, 0.3) is 0 Å². The number of likely N-dealkylation sites (tertiary alicyclic amines) is 1. The standard InChI is InChI=1S/C7H15NO2S/c1-8(2)5-3-7(9,11-10)4-6-8/h9H,3-6H2,1-2H3/p+1. The van der Waals surface area contributed by atoms with Crippen molar-refractivity contribution >= 4 is 12.0 Å². The van der Waals surface area contributed by atoms with Crippen molar-refractivity contribution in [2.24, 2.45) is 0 Å². The molecule has 3 nitrogen and oxygen atoms in total. The first-order chi connectivity index (χ1) is 4.97. The van der Waals surface area contributed by atoms with Crippen LogP contribution in [0.15, 0.2) is 0 Å². The van der Waals surface area contributed by atoms with E-state index < -0.39 is 4.93 Å². The summed E-state index contributed by atoms with van der Waals surface area (Å²) in [6.45, 7) is 1.87. The maximum atomic E-state index is 9.62. The lowest BCUT2D eigenvalue weighted by Gasteiger charge is -2.40. The Morgan fingerprint density at radius 3 is 2.09 bits per heavy atom. The van der Waals surface area contributed by atoms with Gasteiger partial charge in [0.1, 0.15) is 4.93 Å². The van der Waals surface area contributed by atoms with Crippen LogP contribution < -0.4 is 0 Å². The monoisotopic (exact) mass is 178 g/mol. The summed E-state index contributed by atoms with van der Waals surface area (Å²) in [4.78, 5) is -0.867. The normalized spacial score (nSPS) is 28.4. The molecule has 0 radical (unpaired) electrons. The predicted octanol–water partition coefficient (Wildman–Crippen LogP) is 0.751. The van der Waals surface area contributed by atoms with Gasteiger partial charge in [0.2, 0.25) is 0 Å². The topological polar surface area (TPSA) is 40.5 Å². The third kappa shape index (κ3) is 2.33. The Kier molecular flexibility index (Phi) is 2.49. The summed E-state index contributed by atoms with van der Waals surface area (Å²) in [5, 5.41) is 9.62. The second-order valence-corrected chi connectivity index (χ2v) is 4.86. The van der Waals surface area contributed by atoms with Crippen LogP contribution in [0.2, 0.25) is 0 Å². The molecular weight excluding hydrogens is 162 g/mol. The van der Waals surface area contributed by atoms with Gasteiger partial charge in [0.05, 0.1) is 27.2 Å². The minimum atomic E-state index is -0.867. The fourth-order valence-corrected chi connectivity index (χ4v) is 1.65. The van der Waals surface area contributed by atoms with E-state index in [1.165, 1.54) is 0 Å². The van der Waals surface area contributed by atoms with Gasteiger partial charge in [0.25, 0.3) is 0 Å². The second-order valence-electron chi connectivity index (χ2n) is 3.92. The molecule has 1 saturated heterocycles. The average molecular weight is 178 g/mol. The summed E-state index contributed by atoms with van der Waals surface area (Å²) in [7, 11) is 4.28. The van der Waals surface area contributed by atoms with Crippen molar-refractivity contribution < 1.29 is 14.1 Å². The summed E-state index contributed by atoms with van der Waals surface area (Å²) in [5.74, 6) is 0. The van der Waals surface area contributed by atoms with Crippen LogP contribution in [-0.2, 0) is 0 Å². The molecule has 11 heavy (non-hydrogen) atoms. The number of rotatable bonds is 1. The highest BCUT2D eigenvalue weighted by atomic mass is 32.2. The van der Waals surface area contributed by atoms with Crippen molar-refractivity contribution in [1.82, 2.24) is 0 Å². The van der Waals surface area contributed by atoms with Gasteiger partial charge in [-0.2, -0.15) is 0 Å². The fraction of sp³-hybridized carbons (Fsp3) is 1.00. The van der Waals surface area contributed by atoms with Crippen LogP contribution in [-0.4, -0.2) is 46.3 Å². The lowest BCUT2D eigenvalue weighted by atomic mass is 10.1. The van der Waals surface area contributed by atoms with Crippen molar-refractivity contribution in [3.63, 3.8) is 0 Å². The van der Waals surface area contributed by atoms with Crippen molar-refractivity contribution in [2.75, 3.05) is 27.2 Å². The maximum absolute atomic E-state index is 9.62. The molecule has 0 aromatic rings. The van der Waals surface area contributed by atoms with Gasteiger partial charge in [-0.3, -0.25) is 0 Å². The largest absolute Gasteiger partial charge is 0.377 e. The highest BCUT2D eigenvalue weighted by Gasteiger charge is 2.37. The molecule has 4 heteroatoms. The van der Waals surface area contributed by atoms with E-state index >= 15 is 0 Å². The van der Waals surface area contributed by atoms with Crippen molar-refractivity contribution in [2.45, 2.75) is 17.8 Å². The van der Waals surface area contributed by atoms with Gasteiger partial charge >= 0.3 is 0 Å². The summed E-state index contributed by atoms with van der Waals surface area (Å²) in [6, 6.07) is 0. The lowest BCUT2D eigenvalue weighted by Crippen LogP contribution is -2.51. The molecule has 0 bridgehead atoms. The van der Waals surface area contributed by atoms with E-state index in [2.05, 4.69) is 14.1 Å². The molecule has 0 aromatic heterocycles. The Morgan fingerprint density at radius 1 is 1.27 bits per heavy atom. The molecule has 1 aliphatic heterocycles. The van der Waals surface area contributed by atoms with Gasteiger partial charge in [-0.25, -0.2) is 0 Å². The van der Waals surface area contributed by atoms with Gasteiger partial charge in [-0.1, -0.05) is 0 Å². The molecule has 0 aromatic carbocycles. The van der Waals surface area contributed by atoms with Crippen LogP contribution in [0.4, 0.5) is 0 Å². The molecule has 0 saturated carbocycles. The van der Waals surface area contributed by atoms with E-state index in [4.69, 9.17) is 4.55 Å². The van der Waals surface area contributed by atoms with Gasteiger partial charge < -0.3 is 14.1 Å². The fourth-order valence-electron chi connectivity index (χ4n) is 1.28. The summed E-state index contributed by atoms with van der Waals surface area (Å²) in [5.41, 5.74) is 0. The molecule has 0 atom stereocenters. The van der Waals surface area contributed by atoms with Gasteiger partial charge in [-0.05, 0) is 0 Å². The van der Waals surface area contributed by atoms with Crippen molar-refractivity contribution in [3.05, 3.63) is 0 Å². The average Bonchev–Trinajstić information content (AvgIpc) is 1.97. The van der Waals surface area contributed by atoms with Crippen LogP contribution in [0, 0.1) is 0 Å². The first-order valence-corrected chi connectivity index (χ1v) is 4.62. The third-order valence-electron chi connectivity index (χ3n) is 2.39. The zero-order valence-corrected chi connectivity index (χ0v) is 7.89. The highest BCUT2D eigenvalue weighted by Crippen LogP contribution is 2.32. The Balaban J connectivity index is 2.48. The predicted molar refractivity (Wildman–Crippen MR) is 46.2 cm³/mol. The molecule has 1 aliphatic rings. The van der Waals surface area contributed by atoms with Gasteiger partial charge in [0.15, 0.2) is 0 Å². The number of aliphatic hydroxyl groups is 1. The zero-order chi connectivity index (χ0) is 8.54. The first-order valence-electron chi connectivity index (χ1n) is 3.84. The molecule has 1 rings (SSSR count). The quantitative estimate of drug-likeness (QED) is 0.354. The summed E-state index contributed by atoms with van der Waals surface area (Å²) < 4.78 is 9.73. The molecule has 0 amide bonds. The van der Waals surface area contributed by atoms with E-state index in [-0.39, 0.29) is 0 Å². The van der Waals surface area contributed by atoms with E-state index in [1.807, 2.05) is 0 Å². The van der Waals surface area contributed by atoms with Crippen molar-refractivity contribution in [3.8, 4) is 0 Å². The molecule has 0 aliphatic carbocycles. The molecule has 0 unspecified atom stereocenters. The number of quaternary nitrogens is 1. The molecule has 2 N–H and O–H groups in total. The van der Waals surface area contributed by atoms with E-state index in [0.717, 1.165) is 17.6 Å². The first kappa shape index (κ1) is 9.32. The minimum Gasteiger partial charge on any atom is -0.377 e. The van der Waals surface area contributed by atoms with Crippen molar-refractivity contribution in [1.29, 1.82) is 0 Å². The molecule has 1 heterocycles. The van der Waals surface area contributed by atoms with Gasteiger partial charge in [0, 0.05) is 24.9 Å². The molecule has 1 fully saturated rings. The van der Waals surface area contributed by atoms with Crippen LogP contribution in [0.3, 0.4) is 0 Å². The SMILES string of the molecule is C[N+]1(C)CCC(O)(SO)CC1. The Hall–Kier alpha value is 0.230. The third-order valence-corrected chi connectivity index (χ3v) is 3.13. The smallest absolute Gasteiger partial charge is 0.146 e. The van der Waals surface area contributed by atoms with Crippen LogP contribution >= 0.6 is 12.0 Å². The summed E-state index contributed by atoms with van der Waals surface area (Å²) >= 11 is 0.594. The maximum Gasteiger partial charge on any atom is 0.146 e. The van der Waals surface area contributed by atoms with E-state index in [0.29, 0.717) is 24.9 Å². The molecular formula is C7H16NO2S+. The Morgan fingerprint density at radius 2 is 1.73 bits per heavy atom. The van der Waals surface area contributed by atoms with Crippen LogP contribution in [0.1, 0.15) is 12.8 Å². The van der Waals surface area contributed by atoms with E-state index in [1.54, 1.807) is 0 Å². The Labute approximate surface area is 71.8 Å². The number of nitrogens with zero attached hydrogens (tertiary/aromatic N) is 1. The second kappa shape index (κ2) is 2.94. The number of piperidine rings is 1. The minimum absolute atomic E-state index is 0.594. The summed E-state index contributed by atoms with van der Waals surface area (Å²) in [6.07, 6.45) is 1.36. The van der Waals surface area contributed by atoms with Gasteiger partial charge in [-0.15, -0.1) is 0 Å².